The summed E-state index contributed by atoms with van der Waals surface area (Å²) in [5.74, 6) is -0.702. The Balaban J connectivity index is 1.40. The van der Waals surface area contributed by atoms with Crippen molar-refractivity contribution < 1.29 is 18.7 Å². The fourth-order valence-electron chi connectivity index (χ4n) is 4.61. The van der Waals surface area contributed by atoms with Crippen LogP contribution in [-0.2, 0) is 16.0 Å². The molecule has 32 heavy (non-hydrogen) atoms. The third-order valence-electron chi connectivity index (χ3n) is 6.41. The van der Waals surface area contributed by atoms with Crippen molar-refractivity contribution in [2.75, 3.05) is 51.3 Å². The van der Waals surface area contributed by atoms with Crippen LogP contribution in [0.3, 0.4) is 0 Å². The van der Waals surface area contributed by atoms with E-state index in [1.165, 1.54) is 12.1 Å². The highest BCUT2D eigenvalue weighted by Crippen LogP contribution is 2.39. The van der Waals surface area contributed by atoms with Crippen LogP contribution in [0.4, 0.5) is 10.1 Å². The zero-order valence-corrected chi connectivity index (χ0v) is 19.4. The van der Waals surface area contributed by atoms with Gasteiger partial charge in [-0.3, -0.25) is 14.5 Å². The number of carbonyl (C=O) groups excluding carboxylic acids is 2. The summed E-state index contributed by atoms with van der Waals surface area (Å²) in [6.07, 6.45) is 2.45. The smallest absolute Gasteiger partial charge is 0.256 e. The summed E-state index contributed by atoms with van der Waals surface area (Å²) in [5, 5.41) is 2.78. The Labute approximate surface area is 193 Å². The van der Waals surface area contributed by atoms with E-state index in [4.69, 9.17) is 4.74 Å². The van der Waals surface area contributed by atoms with Gasteiger partial charge in [0, 0.05) is 60.6 Å². The molecule has 5 rings (SSSR count). The first kappa shape index (κ1) is 21.4. The normalized spacial score (nSPS) is 20.0. The summed E-state index contributed by atoms with van der Waals surface area (Å²) in [6, 6.07) is 2.67. The van der Waals surface area contributed by atoms with Gasteiger partial charge in [-0.2, -0.15) is 0 Å². The van der Waals surface area contributed by atoms with Crippen molar-refractivity contribution in [2.24, 2.45) is 0 Å². The highest BCUT2D eigenvalue weighted by atomic mass is 79.9. The summed E-state index contributed by atoms with van der Waals surface area (Å²) < 4.78 is 19.9. The molecule has 0 unspecified atom stereocenters. The standard InChI is InChI=1S/C23H24BrFN4O3/c1-13-19(12-16-15-10-14(25)11-17(24)21(15)27-22(16)30)26-18-2-3-29(23(31)20(13)18)5-4-28-6-8-32-9-7-28/h10-12,26H,2-9H2,1H3,(H,27,30)/b16-12-. The van der Waals surface area contributed by atoms with Gasteiger partial charge in [-0.15, -0.1) is 0 Å². The topological polar surface area (TPSA) is 77.7 Å². The van der Waals surface area contributed by atoms with E-state index in [1.807, 2.05) is 11.8 Å². The third kappa shape index (κ3) is 3.78. The Morgan fingerprint density at radius 2 is 1.97 bits per heavy atom. The van der Waals surface area contributed by atoms with Crippen LogP contribution in [-0.4, -0.2) is 72.5 Å². The molecular formula is C23H24BrFN4O3. The number of carbonyl (C=O) groups is 2. The van der Waals surface area contributed by atoms with E-state index in [0.29, 0.717) is 45.6 Å². The maximum absolute atomic E-state index is 14.0. The molecule has 3 aliphatic heterocycles. The van der Waals surface area contributed by atoms with E-state index >= 15 is 0 Å². The highest BCUT2D eigenvalue weighted by Gasteiger charge is 2.31. The first-order chi connectivity index (χ1) is 15.4. The maximum atomic E-state index is 14.0. The molecule has 7 nitrogen and oxygen atoms in total. The minimum Gasteiger partial charge on any atom is -0.379 e. The van der Waals surface area contributed by atoms with E-state index in [1.54, 1.807) is 6.08 Å². The Hall–Kier alpha value is -2.49. The minimum atomic E-state index is -0.424. The van der Waals surface area contributed by atoms with E-state index in [9.17, 15) is 14.0 Å². The highest BCUT2D eigenvalue weighted by molar-refractivity contribution is 9.10. The second-order valence-electron chi connectivity index (χ2n) is 8.34. The largest absolute Gasteiger partial charge is 0.379 e. The van der Waals surface area contributed by atoms with Crippen molar-refractivity contribution in [3.05, 3.63) is 50.5 Å². The number of benzene rings is 1. The van der Waals surface area contributed by atoms with E-state index in [2.05, 4.69) is 31.1 Å². The Bertz CT molecular complexity index is 1140. The van der Waals surface area contributed by atoms with Crippen molar-refractivity contribution in [2.45, 2.75) is 13.3 Å². The monoisotopic (exact) mass is 502 g/mol. The zero-order valence-electron chi connectivity index (χ0n) is 17.8. The summed E-state index contributed by atoms with van der Waals surface area (Å²) in [6.45, 7) is 7.34. The molecule has 1 aromatic carbocycles. The lowest BCUT2D eigenvalue weighted by molar-refractivity contribution is -0.110. The lowest BCUT2D eigenvalue weighted by Gasteiger charge is -2.32. The first-order valence-corrected chi connectivity index (χ1v) is 11.5. The van der Waals surface area contributed by atoms with Crippen molar-refractivity contribution in [3.63, 3.8) is 0 Å². The van der Waals surface area contributed by atoms with Crippen molar-refractivity contribution in [1.29, 1.82) is 0 Å². The average Bonchev–Trinajstić information content (AvgIpc) is 3.26. The van der Waals surface area contributed by atoms with Gasteiger partial charge in [0.2, 0.25) is 0 Å². The number of H-pyrrole nitrogens is 1. The fraction of sp³-hybridized carbons (Fsp3) is 0.391. The maximum Gasteiger partial charge on any atom is 0.256 e. The average molecular weight is 503 g/mol. The van der Waals surface area contributed by atoms with E-state index in [0.717, 1.165) is 50.5 Å². The molecular weight excluding hydrogens is 479 g/mol. The van der Waals surface area contributed by atoms with Gasteiger partial charge in [0.05, 0.1) is 30.0 Å². The molecule has 1 fully saturated rings. The van der Waals surface area contributed by atoms with E-state index in [-0.39, 0.29) is 11.8 Å². The number of hydrogen-bond acceptors (Lipinski definition) is 4. The van der Waals surface area contributed by atoms with Gasteiger partial charge in [0.1, 0.15) is 5.82 Å². The van der Waals surface area contributed by atoms with Crippen LogP contribution in [0.5, 0.6) is 0 Å². The number of fused-ring (bicyclic) bond motifs is 2. The number of nitrogens with one attached hydrogen (secondary N) is 2. The fourth-order valence-corrected chi connectivity index (χ4v) is 5.14. The zero-order chi connectivity index (χ0) is 22.4. The predicted molar refractivity (Wildman–Crippen MR) is 123 cm³/mol. The molecule has 1 aromatic heterocycles. The number of aromatic nitrogens is 1. The Morgan fingerprint density at radius 3 is 2.75 bits per heavy atom. The van der Waals surface area contributed by atoms with Crippen molar-refractivity contribution in [1.82, 2.24) is 14.8 Å². The van der Waals surface area contributed by atoms with Crippen LogP contribution in [0.25, 0.3) is 11.6 Å². The number of amides is 2. The first-order valence-electron chi connectivity index (χ1n) is 10.8. The Morgan fingerprint density at radius 1 is 1.19 bits per heavy atom. The number of aromatic amines is 1. The van der Waals surface area contributed by atoms with Crippen molar-refractivity contribution >= 4 is 45.1 Å². The molecule has 0 bridgehead atoms. The van der Waals surface area contributed by atoms with Gasteiger partial charge >= 0.3 is 0 Å². The predicted octanol–water partition coefficient (Wildman–Crippen LogP) is 3.05. The summed E-state index contributed by atoms with van der Waals surface area (Å²) in [7, 11) is 0. The second kappa shape index (κ2) is 8.46. The van der Waals surface area contributed by atoms with Gasteiger partial charge in [-0.1, -0.05) is 0 Å². The van der Waals surface area contributed by atoms with Crippen LogP contribution in [0, 0.1) is 12.7 Å². The molecule has 9 heteroatoms. The Kier molecular flexibility index (Phi) is 5.65. The van der Waals surface area contributed by atoms with E-state index < -0.39 is 5.82 Å². The lowest BCUT2D eigenvalue weighted by Crippen LogP contribution is -2.45. The molecule has 2 N–H and O–H groups in total. The SMILES string of the molecule is Cc1c(/C=C2\C(=O)Nc3c(Br)cc(F)cc32)[nH]c2c1C(=O)N(CCN1CCOCC1)CC2. The second-order valence-corrected chi connectivity index (χ2v) is 9.19. The van der Waals surface area contributed by atoms with Gasteiger partial charge in [0.15, 0.2) is 0 Å². The van der Waals surface area contributed by atoms with Gasteiger partial charge in [0.25, 0.3) is 11.8 Å². The molecule has 3 aliphatic rings. The number of anilines is 1. The number of rotatable bonds is 4. The molecule has 0 spiro atoms. The number of nitrogens with zero attached hydrogens (tertiary/aromatic N) is 2. The molecule has 2 aromatic rings. The van der Waals surface area contributed by atoms with Crippen LogP contribution in [0.15, 0.2) is 16.6 Å². The van der Waals surface area contributed by atoms with Crippen LogP contribution >= 0.6 is 15.9 Å². The van der Waals surface area contributed by atoms with Gasteiger partial charge in [-0.05, 0) is 46.6 Å². The molecule has 2 amide bonds. The number of hydrogen-bond donors (Lipinski definition) is 2. The molecule has 0 radical (unpaired) electrons. The van der Waals surface area contributed by atoms with Gasteiger partial charge < -0.3 is 19.9 Å². The van der Waals surface area contributed by atoms with Gasteiger partial charge in [-0.25, -0.2) is 4.39 Å². The molecule has 0 aliphatic carbocycles. The summed E-state index contributed by atoms with van der Waals surface area (Å²) in [4.78, 5) is 33.4. The molecule has 168 valence electrons. The number of morpholine rings is 1. The van der Waals surface area contributed by atoms with Crippen molar-refractivity contribution in [3.8, 4) is 0 Å². The minimum absolute atomic E-state index is 0.0166. The molecule has 1 saturated heterocycles. The summed E-state index contributed by atoms with van der Waals surface area (Å²) >= 11 is 3.31. The number of ether oxygens (including phenoxy) is 1. The van der Waals surface area contributed by atoms with Crippen LogP contribution in [0.1, 0.15) is 32.9 Å². The third-order valence-corrected chi connectivity index (χ3v) is 7.03. The molecule has 0 saturated carbocycles. The number of halogens is 2. The van der Waals surface area contributed by atoms with Crippen LogP contribution < -0.4 is 5.32 Å². The van der Waals surface area contributed by atoms with Crippen LogP contribution in [0.2, 0.25) is 0 Å². The molecule has 0 atom stereocenters. The quantitative estimate of drug-likeness (QED) is 0.630. The molecule has 4 heterocycles. The lowest BCUT2D eigenvalue weighted by atomic mass is 10.0. The summed E-state index contributed by atoms with van der Waals surface area (Å²) in [5.41, 5.74) is 4.53.